The summed E-state index contributed by atoms with van der Waals surface area (Å²) in [6, 6.07) is 0.143. The number of hydrogen-bond donors (Lipinski definition) is 0. The SMILES string of the molecule is CCn1c(C)nn(C(C)C)c1=O. The van der Waals surface area contributed by atoms with E-state index in [1.807, 2.05) is 27.7 Å². The summed E-state index contributed by atoms with van der Waals surface area (Å²) >= 11 is 0. The van der Waals surface area contributed by atoms with E-state index in [2.05, 4.69) is 5.10 Å². The molecule has 12 heavy (non-hydrogen) atoms. The third-order valence-corrected chi connectivity index (χ3v) is 1.88. The molecule has 0 aliphatic heterocycles. The van der Waals surface area contributed by atoms with Crippen molar-refractivity contribution in [2.45, 2.75) is 40.3 Å². The molecule has 4 heteroatoms. The van der Waals surface area contributed by atoms with E-state index in [1.54, 1.807) is 4.57 Å². The molecule has 0 aliphatic rings. The van der Waals surface area contributed by atoms with Crippen LogP contribution in [0.1, 0.15) is 32.6 Å². The van der Waals surface area contributed by atoms with Gasteiger partial charge in [-0.15, -0.1) is 0 Å². The molecule has 0 N–H and O–H groups in total. The van der Waals surface area contributed by atoms with E-state index >= 15 is 0 Å². The lowest BCUT2D eigenvalue weighted by molar-refractivity contribution is 0.504. The lowest BCUT2D eigenvalue weighted by Gasteiger charge is -2.00. The summed E-state index contributed by atoms with van der Waals surface area (Å²) in [6.07, 6.45) is 0. The van der Waals surface area contributed by atoms with Crippen molar-refractivity contribution in [3.8, 4) is 0 Å². The third-order valence-electron chi connectivity index (χ3n) is 1.88. The molecule has 0 amide bonds. The maximum absolute atomic E-state index is 11.5. The summed E-state index contributed by atoms with van der Waals surface area (Å²) < 4.78 is 3.18. The monoisotopic (exact) mass is 169 g/mol. The van der Waals surface area contributed by atoms with Gasteiger partial charge in [-0.25, -0.2) is 9.48 Å². The maximum Gasteiger partial charge on any atom is 0.346 e. The van der Waals surface area contributed by atoms with Crippen LogP contribution in [0.4, 0.5) is 0 Å². The van der Waals surface area contributed by atoms with Crippen LogP contribution in [0.15, 0.2) is 4.79 Å². The van der Waals surface area contributed by atoms with Gasteiger partial charge in [-0.1, -0.05) is 0 Å². The van der Waals surface area contributed by atoms with Crippen LogP contribution >= 0.6 is 0 Å². The van der Waals surface area contributed by atoms with Crippen LogP contribution in [-0.4, -0.2) is 14.3 Å². The van der Waals surface area contributed by atoms with Crippen LogP contribution in [0.3, 0.4) is 0 Å². The molecular formula is C8H15N3O. The summed E-state index contributed by atoms with van der Waals surface area (Å²) in [7, 11) is 0. The van der Waals surface area contributed by atoms with E-state index in [0.29, 0.717) is 6.54 Å². The second-order valence-electron chi connectivity index (χ2n) is 3.11. The van der Waals surface area contributed by atoms with Crippen molar-refractivity contribution >= 4 is 0 Å². The Hall–Kier alpha value is -1.06. The van der Waals surface area contributed by atoms with Crippen molar-refractivity contribution in [2.24, 2.45) is 0 Å². The zero-order valence-corrected chi connectivity index (χ0v) is 8.03. The van der Waals surface area contributed by atoms with Gasteiger partial charge in [0.2, 0.25) is 0 Å². The molecule has 0 unspecified atom stereocenters. The molecule has 1 aromatic rings. The second-order valence-corrected chi connectivity index (χ2v) is 3.11. The molecule has 0 saturated heterocycles. The fraction of sp³-hybridized carbons (Fsp3) is 0.750. The fourth-order valence-electron chi connectivity index (χ4n) is 1.22. The van der Waals surface area contributed by atoms with Gasteiger partial charge in [-0.05, 0) is 27.7 Å². The highest BCUT2D eigenvalue weighted by molar-refractivity contribution is 4.84. The Bertz CT molecular complexity index is 322. The standard InChI is InChI=1S/C8H15N3O/c1-5-10-7(4)9-11(6(2)3)8(10)12/h6H,5H2,1-4H3. The van der Waals surface area contributed by atoms with Crippen molar-refractivity contribution in [1.82, 2.24) is 14.3 Å². The number of aromatic nitrogens is 3. The van der Waals surface area contributed by atoms with Crippen molar-refractivity contribution in [2.75, 3.05) is 0 Å². The first-order chi connectivity index (χ1) is 5.57. The summed E-state index contributed by atoms with van der Waals surface area (Å²) in [4.78, 5) is 11.5. The van der Waals surface area contributed by atoms with Gasteiger partial charge in [0, 0.05) is 6.54 Å². The zero-order valence-electron chi connectivity index (χ0n) is 8.03. The van der Waals surface area contributed by atoms with Gasteiger partial charge < -0.3 is 0 Å². The van der Waals surface area contributed by atoms with Gasteiger partial charge in [0.15, 0.2) is 0 Å². The summed E-state index contributed by atoms with van der Waals surface area (Å²) in [5.74, 6) is 0.788. The van der Waals surface area contributed by atoms with E-state index in [4.69, 9.17) is 0 Å². The molecule has 0 aromatic carbocycles. The van der Waals surface area contributed by atoms with Gasteiger partial charge in [0.25, 0.3) is 0 Å². The van der Waals surface area contributed by atoms with Crippen molar-refractivity contribution in [3.05, 3.63) is 16.3 Å². The van der Waals surface area contributed by atoms with Gasteiger partial charge in [0.1, 0.15) is 5.82 Å². The van der Waals surface area contributed by atoms with Crippen LogP contribution in [0, 0.1) is 6.92 Å². The van der Waals surface area contributed by atoms with Crippen LogP contribution in [0.25, 0.3) is 0 Å². The molecule has 1 rings (SSSR count). The summed E-state index contributed by atoms with van der Waals surface area (Å²) in [6.45, 7) is 8.39. The van der Waals surface area contributed by atoms with E-state index < -0.39 is 0 Å². The van der Waals surface area contributed by atoms with E-state index in [1.165, 1.54) is 4.68 Å². The molecular weight excluding hydrogens is 154 g/mol. The Morgan fingerprint density at radius 2 is 2.08 bits per heavy atom. The Morgan fingerprint density at radius 1 is 1.50 bits per heavy atom. The van der Waals surface area contributed by atoms with Crippen LogP contribution < -0.4 is 5.69 Å². The molecule has 0 saturated carbocycles. The fourth-order valence-corrected chi connectivity index (χ4v) is 1.22. The molecule has 0 bridgehead atoms. The highest BCUT2D eigenvalue weighted by Gasteiger charge is 2.09. The largest absolute Gasteiger partial charge is 0.346 e. The van der Waals surface area contributed by atoms with Gasteiger partial charge in [-0.3, -0.25) is 4.57 Å². The summed E-state index contributed by atoms with van der Waals surface area (Å²) in [5.41, 5.74) is -0.00926. The highest BCUT2D eigenvalue weighted by Crippen LogP contribution is 1.98. The van der Waals surface area contributed by atoms with Crippen LogP contribution in [0.5, 0.6) is 0 Å². The molecule has 0 fully saturated rings. The Kier molecular flexibility index (Phi) is 2.35. The van der Waals surface area contributed by atoms with Crippen molar-refractivity contribution in [1.29, 1.82) is 0 Å². The highest BCUT2D eigenvalue weighted by atomic mass is 16.2. The average molecular weight is 169 g/mol. The maximum atomic E-state index is 11.5. The smallest absolute Gasteiger partial charge is 0.279 e. The molecule has 0 spiro atoms. The van der Waals surface area contributed by atoms with Crippen LogP contribution in [-0.2, 0) is 6.54 Å². The predicted octanol–water partition coefficient (Wildman–Crippen LogP) is 0.954. The topological polar surface area (TPSA) is 39.8 Å². The lowest BCUT2D eigenvalue weighted by atomic mass is 10.4. The summed E-state index contributed by atoms with van der Waals surface area (Å²) in [5, 5.41) is 4.15. The molecule has 0 radical (unpaired) electrons. The molecule has 4 nitrogen and oxygen atoms in total. The van der Waals surface area contributed by atoms with E-state index in [9.17, 15) is 4.79 Å². The minimum absolute atomic E-state index is 0.00926. The van der Waals surface area contributed by atoms with Crippen molar-refractivity contribution in [3.63, 3.8) is 0 Å². The quantitative estimate of drug-likeness (QED) is 0.661. The van der Waals surface area contributed by atoms with E-state index in [-0.39, 0.29) is 11.7 Å². The number of aryl methyl sites for hydroxylation is 1. The Morgan fingerprint density at radius 3 is 2.33 bits per heavy atom. The first-order valence-corrected chi connectivity index (χ1v) is 4.23. The first kappa shape index (κ1) is 9.03. The normalized spacial score (nSPS) is 11.1. The molecule has 1 heterocycles. The van der Waals surface area contributed by atoms with Crippen molar-refractivity contribution < 1.29 is 0 Å². The molecule has 68 valence electrons. The van der Waals surface area contributed by atoms with Gasteiger partial charge in [0.05, 0.1) is 6.04 Å². The van der Waals surface area contributed by atoms with Gasteiger partial charge in [-0.2, -0.15) is 5.10 Å². The molecule has 1 aromatic heterocycles. The Labute approximate surface area is 71.8 Å². The predicted molar refractivity (Wildman–Crippen MR) is 47.3 cm³/mol. The second kappa shape index (κ2) is 3.13. The average Bonchev–Trinajstić information content (AvgIpc) is 2.27. The lowest BCUT2D eigenvalue weighted by Crippen LogP contribution is -2.25. The number of hydrogen-bond acceptors (Lipinski definition) is 2. The minimum atomic E-state index is -0.00926. The van der Waals surface area contributed by atoms with E-state index in [0.717, 1.165) is 5.82 Å². The Balaban J connectivity index is 3.27. The minimum Gasteiger partial charge on any atom is -0.279 e. The number of rotatable bonds is 2. The first-order valence-electron chi connectivity index (χ1n) is 4.23. The molecule has 0 atom stereocenters. The number of nitrogens with zero attached hydrogens (tertiary/aromatic N) is 3. The zero-order chi connectivity index (χ0) is 9.30. The van der Waals surface area contributed by atoms with Crippen LogP contribution in [0.2, 0.25) is 0 Å². The molecule has 0 aliphatic carbocycles. The third kappa shape index (κ3) is 1.29. The van der Waals surface area contributed by atoms with Gasteiger partial charge >= 0.3 is 5.69 Å².